The van der Waals surface area contributed by atoms with E-state index in [1.54, 1.807) is 0 Å². The van der Waals surface area contributed by atoms with E-state index in [2.05, 4.69) is 0 Å². The molecule has 4 heavy (non-hydrogen) atoms. The molecule has 0 aromatic heterocycles. The van der Waals surface area contributed by atoms with Crippen molar-refractivity contribution >= 4 is 0 Å². The Labute approximate surface area is 76.5 Å². The van der Waals surface area contributed by atoms with E-state index in [4.69, 9.17) is 0 Å². The van der Waals surface area contributed by atoms with E-state index in [0.29, 0.717) is 0 Å². The first-order chi connectivity index (χ1) is 0. The molecule has 0 aromatic rings. The van der Waals surface area contributed by atoms with Crippen molar-refractivity contribution in [2.45, 2.75) is 0 Å². The fourth-order valence-electron chi connectivity index (χ4n) is 0. The molecule has 0 amide bonds. The summed E-state index contributed by atoms with van der Waals surface area (Å²) in [5, 5.41) is 0. The normalized spacial score (nSPS) is 0. The van der Waals surface area contributed by atoms with Gasteiger partial charge >= 0.3 is 0 Å². The minimum atomic E-state index is 0. The van der Waals surface area contributed by atoms with Gasteiger partial charge in [-0.05, 0) is 0 Å². The summed E-state index contributed by atoms with van der Waals surface area (Å²) in [5.74, 6) is 0. The van der Waals surface area contributed by atoms with E-state index in [1.165, 1.54) is 0 Å². The van der Waals surface area contributed by atoms with Crippen LogP contribution in [-0.2, 0) is 77.5 Å². The number of rotatable bonds is 0. The Hall–Kier alpha value is 2.47. The van der Waals surface area contributed by atoms with Gasteiger partial charge in [-0.1, -0.05) is 0 Å². The Balaban J connectivity index is 0. The summed E-state index contributed by atoms with van der Waals surface area (Å²) in [6, 6.07) is 0. The molecule has 4 heteroatoms. The minimum absolute atomic E-state index is 0. The maximum atomic E-state index is 0. The second-order valence-corrected chi connectivity index (χ2v) is 0. The minimum Gasteiger partial charge on any atom is 0 e. The van der Waals surface area contributed by atoms with Crippen molar-refractivity contribution in [2.75, 3.05) is 0 Å². The van der Waals surface area contributed by atoms with Gasteiger partial charge in [-0.3, -0.25) is 0 Å². The second-order valence-electron chi connectivity index (χ2n) is 0. The third kappa shape index (κ3) is 8.82. The SMILES string of the molecule is [Ni].[Pd].[Pt].[Ru]. The van der Waals surface area contributed by atoms with E-state index in [1.807, 2.05) is 0 Å². The fraction of sp³-hybridized carbons (Fsp3) is 0. The van der Waals surface area contributed by atoms with E-state index >= 15 is 0 Å². The van der Waals surface area contributed by atoms with Gasteiger partial charge in [0.15, 0.2) is 0 Å². The molecule has 0 N–H and O–H groups in total. The standard InChI is InChI=1S/Ni.Pd.Pt.Ru. The summed E-state index contributed by atoms with van der Waals surface area (Å²) in [6.07, 6.45) is 0. The average molecular weight is 461 g/mol. The monoisotopic (exact) mass is 461 g/mol. The van der Waals surface area contributed by atoms with Gasteiger partial charge < -0.3 is 0 Å². The van der Waals surface area contributed by atoms with Gasteiger partial charge in [0.25, 0.3) is 0 Å². The van der Waals surface area contributed by atoms with Crippen molar-refractivity contribution in [3.63, 3.8) is 0 Å². The zero-order chi connectivity index (χ0) is 0. The molecule has 0 rings (SSSR count). The van der Waals surface area contributed by atoms with Crippen LogP contribution in [0.2, 0.25) is 0 Å². The second kappa shape index (κ2) is 17.9. The van der Waals surface area contributed by atoms with Crippen LogP contribution in [0.4, 0.5) is 0 Å². The van der Waals surface area contributed by atoms with Crippen molar-refractivity contribution in [2.24, 2.45) is 0 Å². The average Bonchev–Trinajstić information content (AvgIpc) is 0. The smallest absolute Gasteiger partial charge is 0 e. The van der Waals surface area contributed by atoms with Crippen LogP contribution in [0.1, 0.15) is 0 Å². The summed E-state index contributed by atoms with van der Waals surface area (Å²) < 4.78 is 0. The van der Waals surface area contributed by atoms with Crippen LogP contribution in [0.25, 0.3) is 0 Å². The Morgan fingerprint density at radius 1 is 1.00 bits per heavy atom. The molecule has 0 spiro atoms. The quantitative estimate of drug-likeness (QED) is 0.446. The van der Waals surface area contributed by atoms with E-state index < -0.39 is 0 Å². The van der Waals surface area contributed by atoms with Crippen molar-refractivity contribution in [3.05, 3.63) is 0 Å². The summed E-state index contributed by atoms with van der Waals surface area (Å²) in [7, 11) is 0. The molecule has 0 fully saturated rings. The molecule has 0 bridgehead atoms. The van der Waals surface area contributed by atoms with Crippen molar-refractivity contribution in [1.29, 1.82) is 0 Å². The molecule has 0 atom stereocenters. The maximum Gasteiger partial charge on any atom is 0 e. The Bertz CT molecular complexity index is 8.00. The molecule has 0 heterocycles. The molecule has 0 aromatic carbocycles. The molecule has 0 aliphatic heterocycles. The number of hydrogen-bond acceptors (Lipinski definition) is 0. The Kier molecular flexibility index (Phi) is 142. The van der Waals surface area contributed by atoms with Crippen LogP contribution < -0.4 is 0 Å². The summed E-state index contributed by atoms with van der Waals surface area (Å²) in [5.41, 5.74) is 0. The molecular weight excluding hydrogens is 461 g/mol. The molecule has 0 saturated heterocycles. The Morgan fingerprint density at radius 2 is 1.00 bits per heavy atom. The van der Waals surface area contributed by atoms with Crippen LogP contribution in [0, 0.1) is 0 Å². The van der Waals surface area contributed by atoms with Gasteiger partial charge in [-0.2, -0.15) is 0 Å². The molecule has 0 nitrogen and oxygen atoms in total. The zero-order valence-corrected chi connectivity index (χ0v) is 7.85. The molecule has 0 unspecified atom stereocenters. The van der Waals surface area contributed by atoms with Crippen LogP contribution in [-0.4, -0.2) is 0 Å². The largest absolute Gasteiger partial charge is 0 e. The molecule has 38 valence electrons. The third-order valence-corrected chi connectivity index (χ3v) is 0. The van der Waals surface area contributed by atoms with Gasteiger partial charge in [0.05, 0.1) is 0 Å². The maximum absolute atomic E-state index is 0. The first-order valence-corrected chi connectivity index (χ1v) is 0. The van der Waals surface area contributed by atoms with Gasteiger partial charge in [-0.25, -0.2) is 0 Å². The summed E-state index contributed by atoms with van der Waals surface area (Å²) in [6.45, 7) is 0. The van der Waals surface area contributed by atoms with Gasteiger partial charge in [0.2, 0.25) is 0 Å². The predicted octanol–water partition coefficient (Wildman–Crippen LogP) is -0.0100. The molecule has 0 aliphatic rings. The fourth-order valence-corrected chi connectivity index (χ4v) is 0. The molecular formula is NiPdPtRu. The number of hydrogen-bond donors (Lipinski definition) is 0. The predicted molar refractivity (Wildman–Crippen MR) is 0 cm³/mol. The van der Waals surface area contributed by atoms with Gasteiger partial charge in [-0.15, -0.1) is 0 Å². The van der Waals surface area contributed by atoms with Crippen molar-refractivity contribution in [3.8, 4) is 0 Å². The topological polar surface area (TPSA) is 0 Å². The first kappa shape index (κ1) is 31.8. The van der Waals surface area contributed by atoms with Gasteiger partial charge in [0.1, 0.15) is 0 Å². The van der Waals surface area contributed by atoms with Crippen molar-refractivity contribution < 1.29 is 77.5 Å². The summed E-state index contributed by atoms with van der Waals surface area (Å²) in [4.78, 5) is 0. The van der Waals surface area contributed by atoms with E-state index in [0.717, 1.165) is 0 Å². The van der Waals surface area contributed by atoms with Crippen LogP contribution in [0.5, 0.6) is 0 Å². The molecule has 0 aliphatic carbocycles. The first-order valence-electron chi connectivity index (χ1n) is 0. The molecule has 0 radical (unpaired) electrons. The zero-order valence-electron chi connectivity index (χ0n) is 1.30. The summed E-state index contributed by atoms with van der Waals surface area (Å²) >= 11 is 0. The van der Waals surface area contributed by atoms with Crippen LogP contribution in [0.3, 0.4) is 0 Å². The Morgan fingerprint density at radius 3 is 1.00 bits per heavy atom. The van der Waals surface area contributed by atoms with Crippen LogP contribution in [0.15, 0.2) is 0 Å². The van der Waals surface area contributed by atoms with E-state index in [-0.39, 0.29) is 77.5 Å². The van der Waals surface area contributed by atoms with Crippen molar-refractivity contribution in [1.82, 2.24) is 0 Å². The van der Waals surface area contributed by atoms with Gasteiger partial charge in [0, 0.05) is 77.5 Å². The van der Waals surface area contributed by atoms with Crippen LogP contribution >= 0.6 is 0 Å². The third-order valence-electron chi connectivity index (χ3n) is 0. The van der Waals surface area contributed by atoms with E-state index in [9.17, 15) is 0 Å². The molecule has 0 saturated carbocycles.